The highest BCUT2D eigenvalue weighted by Gasteiger charge is 2.21. The maximum absolute atomic E-state index is 12.0. The van der Waals surface area contributed by atoms with Crippen LogP contribution in [0.1, 0.15) is 31.4 Å². The molecule has 158 valence electrons. The second-order valence-electron chi connectivity index (χ2n) is 7.71. The molecule has 30 heavy (non-hydrogen) atoms. The molecular formula is C23H28N4O2S. The van der Waals surface area contributed by atoms with E-state index in [2.05, 4.69) is 46.7 Å². The molecule has 2 fully saturated rings. The van der Waals surface area contributed by atoms with Crippen molar-refractivity contribution < 1.29 is 9.53 Å². The second kappa shape index (κ2) is 9.45. The summed E-state index contributed by atoms with van der Waals surface area (Å²) < 4.78 is 5.42. The summed E-state index contributed by atoms with van der Waals surface area (Å²) in [6.07, 6.45) is 1.54. The molecule has 0 unspecified atom stereocenters. The van der Waals surface area contributed by atoms with Gasteiger partial charge >= 0.3 is 0 Å². The van der Waals surface area contributed by atoms with Crippen molar-refractivity contribution >= 4 is 40.3 Å². The van der Waals surface area contributed by atoms with Crippen LogP contribution in [-0.2, 0) is 9.53 Å². The van der Waals surface area contributed by atoms with E-state index < -0.39 is 0 Å². The van der Waals surface area contributed by atoms with Gasteiger partial charge in [-0.25, -0.2) is 0 Å². The van der Waals surface area contributed by atoms with Crippen LogP contribution in [0.3, 0.4) is 0 Å². The average molecular weight is 425 g/mol. The number of nitrogens with zero attached hydrogens (tertiary/aromatic N) is 2. The summed E-state index contributed by atoms with van der Waals surface area (Å²) >= 11 is 5.52. The van der Waals surface area contributed by atoms with Crippen molar-refractivity contribution in [3.8, 4) is 0 Å². The summed E-state index contributed by atoms with van der Waals surface area (Å²) in [6.45, 7) is 6.31. The molecule has 1 atom stereocenters. The van der Waals surface area contributed by atoms with E-state index in [4.69, 9.17) is 17.0 Å². The van der Waals surface area contributed by atoms with E-state index in [0.29, 0.717) is 11.5 Å². The van der Waals surface area contributed by atoms with Gasteiger partial charge in [0.2, 0.25) is 5.91 Å². The highest BCUT2D eigenvalue weighted by atomic mass is 32.1. The first-order chi connectivity index (χ1) is 14.6. The van der Waals surface area contributed by atoms with Crippen LogP contribution in [0.4, 0.5) is 17.1 Å². The van der Waals surface area contributed by atoms with Crippen molar-refractivity contribution in [2.24, 2.45) is 0 Å². The number of anilines is 3. The Balaban J connectivity index is 1.34. The molecule has 2 N–H and O–H groups in total. The quantitative estimate of drug-likeness (QED) is 0.714. The Hall–Kier alpha value is -2.64. The smallest absolute Gasteiger partial charge is 0.227 e. The molecule has 0 saturated carbocycles. The lowest BCUT2D eigenvalue weighted by Crippen LogP contribution is -2.36. The number of rotatable bonds is 5. The van der Waals surface area contributed by atoms with Crippen molar-refractivity contribution in [3.05, 3.63) is 54.1 Å². The number of carbonyl (C=O) groups is 1. The van der Waals surface area contributed by atoms with Crippen LogP contribution >= 0.6 is 12.2 Å². The molecule has 2 aliphatic heterocycles. The fourth-order valence-electron chi connectivity index (χ4n) is 3.92. The summed E-state index contributed by atoms with van der Waals surface area (Å²) in [6, 6.07) is 16.5. The van der Waals surface area contributed by atoms with E-state index in [9.17, 15) is 4.79 Å². The lowest BCUT2D eigenvalue weighted by Gasteiger charge is -2.29. The van der Waals surface area contributed by atoms with Gasteiger partial charge in [-0.1, -0.05) is 18.2 Å². The van der Waals surface area contributed by atoms with Gasteiger partial charge in [-0.2, -0.15) is 0 Å². The van der Waals surface area contributed by atoms with Gasteiger partial charge in [-0.3, -0.25) is 4.79 Å². The first-order valence-corrected chi connectivity index (χ1v) is 10.9. The highest BCUT2D eigenvalue weighted by Crippen LogP contribution is 2.25. The predicted octanol–water partition coefficient (Wildman–Crippen LogP) is 3.70. The number of morpholine rings is 1. The largest absolute Gasteiger partial charge is 0.378 e. The van der Waals surface area contributed by atoms with Gasteiger partial charge in [0.25, 0.3) is 0 Å². The van der Waals surface area contributed by atoms with Gasteiger partial charge in [0.1, 0.15) is 0 Å². The van der Waals surface area contributed by atoms with Gasteiger partial charge in [0.05, 0.1) is 19.3 Å². The van der Waals surface area contributed by atoms with Gasteiger partial charge in [0, 0.05) is 43.1 Å². The van der Waals surface area contributed by atoms with Crippen LogP contribution in [0.25, 0.3) is 0 Å². The molecule has 0 radical (unpaired) electrons. The number of hydrogen-bond donors (Lipinski definition) is 2. The zero-order valence-corrected chi connectivity index (χ0v) is 18.1. The Labute approximate surface area is 183 Å². The zero-order chi connectivity index (χ0) is 20.9. The Morgan fingerprint density at radius 1 is 1.07 bits per heavy atom. The normalized spacial score (nSPS) is 17.7. The van der Waals surface area contributed by atoms with Gasteiger partial charge in [-0.15, -0.1) is 0 Å². The fraction of sp³-hybridized carbons (Fsp3) is 0.391. The SMILES string of the molecule is C[C@@H](NC(=S)Nc1cccc(N2CCCC2=O)c1)c1ccc(N2CCOCC2)cc1. The second-order valence-corrected chi connectivity index (χ2v) is 8.12. The summed E-state index contributed by atoms with van der Waals surface area (Å²) in [5, 5.41) is 7.15. The number of nitrogens with one attached hydrogen (secondary N) is 2. The standard InChI is InChI=1S/C23H28N4O2S/c1-17(18-7-9-20(10-8-18)26-12-14-29-15-13-26)24-23(30)25-19-4-2-5-21(16-19)27-11-3-6-22(27)28/h2,4-5,7-10,16-17H,3,6,11-15H2,1H3,(H2,24,25,30)/t17-/m1/s1. The third kappa shape index (κ3) is 4.91. The number of thiocarbonyl (C=S) groups is 1. The van der Waals surface area contributed by atoms with Gasteiger partial charge in [-0.05, 0) is 61.5 Å². The Bertz CT molecular complexity index is 896. The molecular weight excluding hydrogens is 396 g/mol. The fourth-order valence-corrected chi connectivity index (χ4v) is 4.21. The molecule has 4 rings (SSSR count). The molecule has 7 heteroatoms. The van der Waals surface area contributed by atoms with Crippen molar-refractivity contribution in [2.45, 2.75) is 25.8 Å². The molecule has 2 heterocycles. The van der Waals surface area contributed by atoms with Crippen LogP contribution in [0.2, 0.25) is 0 Å². The van der Waals surface area contributed by atoms with Crippen molar-refractivity contribution in [2.75, 3.05) is 48.0 Å². The van der Waals surface area contributed by atoms with Crippen molar-refractivity contribution in [1.82, 2.24) is 5.32 Å². The third-order valence-corrected chi connectivity index (χ3v) is 5.83. The minimum Gasteiger partial charge on any atom is -0.378 e. The number of carbonyl (C=O) groups excluding carboxylic acids is 1. The minimum absolute atomic E-state index is 0.0760. The van der Waals surface area contributed by atoms with E-state index >= 15 is 0 Å². The van der Waals surface area contributed by atoms with Crippen LogP contribution in [0.5, 0.6) is 0 Å². The third-order valence-electron chi connectivity index (χ3n) is 5.61. The summed E-state index contributed by atoms with van der Waals surface area (Å²) in [5.41, 5.74) is 4.19. The molecule has 2 saturated heterocycles. The molecule has 0 aliphatic carbocycles. The van der Waals surface area contributed by atoms with E-state index in [1.165, 1.54) is 11.3 Å². The monoisotopic (exact) mass is 424 g/mol. The van der Waals surface area contributed by atoms with Crippen LogP contribution in [-0.4, -0.2) is 43.9 Å². The molecule has 0 bridgehead atoms. The van der Waals surface area contributed by atoms with Gasteiger partial charge in [0.15, 0.2) is 5.11 Å². The summed E-state index contributed by atoms with van der Waals surface area (Å²) in [4.78, 5) is 16.2. The van der Waals surface area contributed by atoms with E-state index in [0.717, 1.165) is 50.6 Å². The van der Waals surface area contributed by atoms with E-state index in [-0.39, 0.29) is 11.9 Å². The van der Waals surface area contributed by atoms with Crippen LogP contribution in [0.15, 0.2) is 48.5 Å². The Kier molecular flexibility index (Phi) is 6.50. The lowest BCUT2D eigenvalue weighted by atomic mass is 10.1. The minimum atomic E-state index is 0.0760. The predicted molar refractivity (Wildman–Crippen MR) is 125 cm³/mol. The highest BCUT2D eigenvalue weighted by molar-refractivity contribution is 7.80. The lowest BCUT2D eigenvalue weighted by molar-refractivity contribution is -0.117. The molecule has 2 aromatic rings. The van der Waals surface area contributed by atoms with Crippen LogP contribution < -0.4 is 20.4 Å². The van der Waals surface area contributed by atoms with Crippen LogP contribution in [0, 0.1) is 0 Å². The number of hydrogen-bond acceptors (Lipinski definition) is 4. The first kappa shape index (κ1) is 20.6. The maximum atomic E-state index is 12.0. The molecule has 0 spiro atoms. The maximum Gasteiger partial charge on any atom is 0.227 e. The zero-order valence-electron chi connectivity index (χ0n) is 17.3. The Morgan fingerprint density at radius 3 is 2.53 bits per heavy atom. The average Bonchev–Trinajstić information content (AvgIpc) is 3.20. The molecule has 2 aliphatic rings. The van der Waals surface area contributed by atoms with Crippen molar-refractivity contribution in [3.63, 3.8) is 0 Å². The number of benzene rings is 2. The molecule has 6 nitrogen and oxygen atoms in total. The molecule has 2 aromatic carbocycles. The first-order valence-electron chi connectivity index (χ1n) is 10.5. The van der Waals surface area contributed by atoms with E-state index in [1.807, 2.05) is 29.2 Å². The van der Waals surface area contributed by atoms with Crippen molar-refractivity contribution in [1.29, 1.82) is 0 Å². The van der Waals surface area contributed by atoms with Gasteiger partial charge < -0.3 is 25.2 Å². The molecule has 1 amide bonds. The summed E-state index contributed by atoms with van der Waals surface area (Å²) in [7, 11) is 0. The summed E-state index contributed by atoms with van der Waals surface area (Å²) in [5.74, 6) is 0.182. The topological polar surface area (TPSA) is 56.8 Å². The molecule has 0 aromatic heterocycles. The number of amides is 1. The Morgan fingerprint density at radius 2 is 1.83 bits per heavy atom. The van der Waals surface area contributed by atoms with E-state index in [1.54, 1.807) is 0 Å². The number of ether oxygens (including phenoxy) is 1.